The van der Waals surface area contributed by atoms with E-state index in [4.69, 9.17) is 15.0 Å². The number of hydrogen-bond acceptors (Lipinski definition) is 5. The van der Waals surface area contributed by atoms with E-state index in [1.165, 1.54) is 12.1 Å². The summed E-state index contributed by atoms with van der Waals surface area (Å²) in [6.07, 6.45) is 3.44. The first-order chi connectivity index (χ1) is 10.5. The molecule has 1 unspecified atom stereocenters. The van der Waals surface area contributed by atoms with Gasteiger partial charge in [-0.15, -0.1) is 12.4 Å². The van der Waals surface area contributed by atoms with Gasteiger partial charge in [0.1, 0.15) is 11.6 Å². The van der Waals surface area contributed by atoms with Gasteiger partial charge in [0.25, 0.3) is 5.89 Å². The summed E-state index contributed by atoms with van der Waals surface area (Å²) in [5, 5.41) is 4.01. The zero-order chi connectivity index (χ0) is 15.7. The summed E-state index contributed by atoms with van der Waals surface area (Å²) in [7, 11) is 0. The Labute approximate surface area is 148 Å². The molecule has 2 N–H and O–H groups in total. The van der Waals surface area contributed by atoms with Crippen LogP contribution < -0.4 is 10.5 Å². The summed E-state index contributed by atoms with van der Waals surface area (Å²) >= 11 is 3.26. The molecule has 1 heterocycles. The molecule has 1 aromatic heterocycles. The Kier molecular flexibility index (Phi) is 5.65. The molecule has 0 aliphatic heterocycles. The predicted molar refractivity (Wildman–Crippen MR) is 89.0 cm³/mol. The van der Waals surface area contributed by atoms with Crippen molar-refractivity contribution in [2.24, 2.45) is 5.73 Å². The lowest BCUT2D eigenvalue weighted by Crippen LogP contribution is -2.34. The quantitative estimate of drug-likeness (QED) is 0.821. The summed E-state index contributed by atoms with van der Waals surface area (Å²) in [4.78, 5) is 4.39. The van der Waals surface area contributed by atoms with Crippen LogP contribution in [0.25, 0.3) is 0 Å². The normalized spacial score (nSPS) is 17.6. The zero-order valence-electron chi connectivity index (χ0n) is 12.6. The fourth-order valence-electron chi connectivity index (χ4n) is 2.64. The largest absolute Gasteiger partial charge is 0.480 e. The van der Waals surface area contributed by atoms with Crippen LogP contribution >= 0.6 is 28.3 Å². The van der Waals surface area contributed by atoms with Crippen LogP contribution in [0.1, 0.15) is 50.4 Å². The molecule has 5 nitrogen and oxygen atoms in total. The fourth-order valence-corrected chi connectivity index (χ4v) is 3.09. The summed E-state index contributed by atoms with van der Waals surface area (Å²) < 4.78 is 24.6. The van der Waals surface area contributed by atoms with E-state index in [9.17, 15) is 4.39 Å². The second kappa shape index (κ2) is 7.15. The van der Waals surface area contributed by atoms with Crippen LogP contribution in [0.3, 0.4) is 0 Å². The van der Waals surface area contributed by atoms with Crippen molar-refractivity contribution in [1.29, 1.82) is 0 Å². The third kappa shape index (κ3) is 3.84. The molecular weight excluding hydrogens is 389 g/mol. The van der Waals surface area contributed by atoms with E-state index in [-0.39, 0.29) is 18.2 Å². The molecule has 0 amide bonds. The SMILES string of the molecule is CC(Oc1ccc(F)cc1Br)c1nc(C2(N)CCCC2)no1.Cl. The Morgan fingerprint density at radius 2 is 2.09 bits per heavy atom. The lowest BCUT2D eigenvalue weighted by Gasteiger charge is -2.18. The molecule has 126 valence electrons. The molecule has 1 fully saturated rings. The Morgan fingerprint density at radius 1 is 1.39 bits per heavy atom. The number of benzene rings is 1. The highest BCUT2D eigenvalue weighted by Gasteiger charge is 2.36. The molecular formula is C15H18BrClFN3O2. The Hall–Kier alpha value is -1.18. The van der Waals surface area contributed by atoms with Gasteiger partial charge in [0, 0.05) is 0 Å². The van der Waals surface area contributed by atoms with Crippen molar-refractivity contribution in [3.63, 3.8) is 0 Å². The van der Waals surface area contributed by atoms with Crippen molar-refractivity contribution in [1.82, 2.24) is 10.1 Å². The number of aromatic nitrogens is 2. The van der Waals surface area contributed by atoms with Crippen LogP contribution in [-0.4, -0.2) is 10.1 Å². The third-order valence-corrected chi connectivity index (χ3v) is 4.55. The van der Waals surface area contributed by atoms with E-state index >= 15 is 0 Å². The predicted octanol–water partition coefficient (Wildman–Crippen LogP) is 4.26. The molecule has 3 rings (SSSR count). The maximum atomic E-state index is 13.1. The lowest BCUT2D eigenvalue weighted by molar-refractivity contribution is 0.174. The van der Waals surface area contributed by atoms with E-state index in [2.05, 4.69) is 26.1 Å². The molecule has 2 aromatic rings. The van der Waals surface area contributed by atoms with E-state index in [1.54, 1.807) is 13.0 Å². The van der Waals surface area contributed by atoms with E-state index in [0.717, 1.165) is 25.7 Å². The maximum absolute atomic E-state index is 13.1. The number of ether oxygens (including phenoxy) is 1. The minimum Gasteiger partial charge on any atom is -0.480 e. The van der Waals surface area contributed by atoms with Crippen LogP contribution in [0.5, 0.6) is 5.75 Å². The van der Waals surface area contributed by atoms with Gasteiger partial charge in [-0.3, -0.25) is 0 Å². The summed E-state index contributed by atoms with van der Waals surface area (Å²) in [6, 6.07) is 4.22. The first-order valence-corrected chi connectivity index (χ1v) is 8.02. The first-order valence-electron chi connectivity index (χ1n) is 7.23. The Morgan fingerprint density at radius 3 is 2.74 bits per heavy atom. The minimum atomic E-state index is -0.488. The van der Waals surface area contributed by atoms with Crippen molar-refractivity contribution < 1.29 is 13.7 Å². The highest BCUT2D eigenvalue weighted by atomic mass is 79.9. The van der Waals surface area contributed by atoms with Gasteiger partial charge < -0.3 is 15.0 Å². The zero-order valence-corrected chi connectivity index (χ0v) is 15.0. The van der Waals surface area contributed by atoms with E-state index < -0.39 is 11.6 Å². The molecule has 8 heteroatoms. The number of nitrogens with two attached hydrogens (primary N) is 1. The number of nitrogens with zero attached hydrogens (tertiary/aromatic N) is 2. The Balaban J connectivity index is 0.00000192. The molecule has 1 aliphatic carbocycles. The van der Waals surface area contributed by atoms with Gasteiger partial charge in [-0.1, -0.05) is 18.0 Å². The van der Waals surface area contributed by atoms with Crippen molar-refractivity contribution >= 4 is 28.3 Å². The van der Waals surface area contributed by atoms with Crippen LogP contribution in [0.15, 0.2) is 27.2 Å². The molecule has 1 aromatic carbocycles. The average molecular weight is 407 g/mol. The van der Waals surface area contributed by atoms with Crippen LogP contribution in [0.4, 0.5) is 4.39 Å². The number of halogens is 3. The smallest absolute Gasteiger partial charge is 0.267 e. The molecule has 1 atom stereocenters. The third-order valence-electron chi connectivity index (χ3n) is 3.93. The van der Waals surface area contributed by atoms with E-state index in [0.29, 0.717) is 21.9 Å². The standard InChI is InChI=1S/C15H17BrFN3O2.ClH/c1-9(21-12-5-4-10(17)8-11(12)16)13-19-14(20-22-13)15(18)6-2-3-7-15;/h4-5,8-9H,2-3,6-7,18H2,1H3;1H. The van der Waals surface area contributed by atoms with Gasteiger partial charge >= 0.3 is 0 Å². The lowest BCUT2D eigenvalue weighted by atomic mass is 9.99. The topological polar surface area (TPSA) is 74.2 Å². The number of hydrogen-bond donors (Lipinski definition) is 1. The molecule has 1 saturated carbocycles. The van der Waals surface area contributed by atoms with Crippen LogP contribution in [0.2, 0.25) is 0 Å². The molecule has 0 bridgehead atoms. The van der Waals surface area contributed by atoms with Crippen LogP contribution in [0, 0.1) is 5.82 Å². The first kappa shape index (κ1) is 18.2. The molecule has 0 spiro atoms. The Bertz CT molecular complexity index is 676. The van der Waals surface area contributed by atoms with Crippen LogP contribution in [-0.2, 0) is 5.54 Å². The van der Waals surface area contributed by atoms with Crippen molar-refractivity contribution in [2.75, 3.05) is 0 Å². The average Bonchev–Trinajstić information content (AvgIpc) is 3.11. The molecule has 0 radical (unpaired) electrons. The second-order valence-electron chi connectivity index (χ2n) is 5.65. The van der Waals surface area contributed by atoms with Gasteiger partial charge in [0.15, 0.2) is 11.9 Å². The number of rotatable bonds is 4. The second-order valence-corrected chi connectivity index (χ2v) is 6.51. The summed E-state index contributed by atoms with van der Waals surface area (Å²) in [5.41, 5.74) is 5.82. The molecule has 0 saturated heterocycles. The van der Waals surface area contributed by atoms with Gasteiger partial charge in [0.2, 0.25) is 0 Å². The molecule has 1 aliphatic rings. The van der Waals surface area contributed by atoms with Crippen molar-refractivity contribution in [3.05, 3.63) is 40.2 Å². The highest BCUT2D eigenvalue weighted by molar-refractivity contribution is 9.10. The maximum Gasteiger partial charge on any atom is 0.267 e. The van der Waals surface area contributed by atoms with Crippen molar-refractivity contribution in [2.45, 2.75) is 44.2 Å². The monoisotopic (exact) mass is 405 g/mol. The minimum absolute atomic E-state index is 0. The fraction of sp³-hybridized carbons (Fsp3) is 0.467. The molecule has 23 heavy (non-hydrogen) atoms. The summed E-state index contributed by atoms with van der Waals surface area (Å²) in [5.74, 6) is 1.08. The van der Waals surface area contributed by atoms with Gasteiger partial charge in [0.05, 0.1) is 10.0 Å². The van der Waals surface area contributed by atoms with E-state index in [1.807, 2.05) is 0 Å². The van der Waals surface area contributed by atoms with Gasteiger partial charge in [-0.25, -0.2) is 4.39 Å². The highest BCUT2D eigenvalue weighted by Crippen LogP contribution is 2.35. The van der Waals surface area contributed by atoms with Gasteiger partial charge in [-0.2, -0.15) is 4.98 Å². The van der Waals surface area contributed by atoms with Gasteiger partial charge in [-0.05, 0) is 53.9 Å². The summed E-state index contributed by atoms with van der Waals surface area (Å²) in [6.45, 7) is 1.80. The van der Waals surface area contributed by atoms with Crippen molar-refractivity contribution in [3.8, 4) is 5.75 Å².